The lowest BCUT2D eigenvalue weighted by Gasteiger charge is -2.34. The fourth-order valence-corrected chi connectivity index (χ4v) is 6.76. The molecular weight excluding hydrogens is 672 g/mol. The zero-order valence-corrected chi connectivity index (χ0v) is 32.0. The summed E-state index contributed by atoms with van der Waals surface area (Å²) in [6.07, 6.45) is 5.89. The van der Waals surface area contributed by atoms with Crippen molar-refractivity contribution in [3.8, 4) is 0 Å². The quantitative estimate of drug-likeness (QED) is 0.150. The van der Waals surface area contributed by atoms with Crippen LogP contribution in [0.25, 0.3) is 0 Å². The van der Waals surface area contributed by atoms with Gasteiger partial charge in [-0.3, -0.25) is 4.79 Å². The number of anilines is 3. The Kier molecular flexibility index (Phi) is 13.5. The Morgan fingerprint density at radius 3 is 2.45 bits per heavy atom. The van der Waals surface area contributed by atoms with Crippen LogP contribution in [0.5, 0.6) is 0 Å². The number of aromatic nitrogens is 3. The summed E-state index contributed by atoms with van der Waals surface area (Å²) in [5.41, 5.74) is 3.43. The first-order valence-corrected chi connectivity index (χ1v) is 19.0. The number of amides is 2. The first-order valence-electron chi connectivity index (χ1n) is 19.0. The van der Waals surface area contributed by atoms with Crippen molar-refractivity contribution in [2.45, 2.75) is 110 Å². The summed E-state index contributed by atoms with van der Waals surface area (Å²) < 4.78 is 11.1. The number of ether oxygens (including phenoxy) is 2. The van der Waals surface area contributed by atoms with Gasteiger partial charge in [-0.25, -0.2) is 24.5 Å². The second-order valence-electron chi connectivity index (χ2n) is 15.3. The number of nitrogens with one attached hydrogen (secondary N) is 4. The van der Waals surface area contributed by atoms with E-state index in [0.717, 1.165) is 73.8 Å². The lowest BCUT2D eigenvalue weighted by atomic mass is 9.92. The summed E-state index contributed by atoms with van der Waals surface area (Å²) in [6, 6.07) is 11.7. The highest BCUT2D eigenvalue weighted by atomic mass is 16.6. The first kappa shape index (κ1) is 39.3. The molecule has 0 bridgehead atoms. The highest BCUT2D eigenvalue weighted by molar-refractivity contribution is 5.90. The Morgan fingerprint density at radius 2 is 1.75 bits per heavy atom. The highest BCUT2D eigenvalue weighted by Gasteiger charge is 2.32. The van der Waals surface area contributed by atoms with E-state index >= 15 is 0 Å². The van der Waals surface area contributed by atoms with Gasteiger partial charge in [-0.15, -0.1) is 0 Å². The van der Waals surface area contributed by atoms with Crippen LogP contribution in [0, 0.1) is 5.92 Å². The number of alkyl carbamates (subject to hydrolysis) is 1. The third-order valence-corrected chi connectivity index (χ3v) is 9.41. The molecule has 1 aromatic carbocycles. The molecule has 0 saturated carbocycles. The zero-order valence-electron chi connectivity index (χ0n) is 32.0. The van der Waals surface area contributed by atoms with Gasteiger partial charge in [0.2, 0.25) is 5.91 Å². The zero-order chi connectivity index (χ0) is 38.0. The monoisotopic (exact) mass is 728 g/mol. The largest absolute Gasteiger partial charge is 0.458 e. The smallest absolute Gasteiger partial charge is 0.408 e. The molecule has 1 unspecified atom stereocenters. The Hall–Kier alpha value is -4.94. The highest BCUT2D eigenvalue weighted by Crippen LogP contribution is 2.33. The predicted octanol–water partition coefficient (Wildman–Crippen LogP) is 5.76. The van der Waals surface area contributed by atoms with Crippen LogP contribution in [0.1, 0.15) is 95.5 Å². The minimum atomic E-state index is -1.10. The van der Waals surface area contributed by atoms with E-state index < -0.39 is 35.7 Å². The van der Waals surface area contributed by atoms with Crippen LogP contribution >= 0.6 is 0 Å². The van der Waals surface area contributed by atoms with Gasteiger partial charge in [0.15, 0.2) is 0 Å². The molecule has 13 heteroatoms. The first-order chi connectivity index (χ1) is 25.4. The van der Waals surface area contributed by atoms with Crippen molar-refractivity contribution < 1.29 is 23.9 Å². The lowest BCUT2D eigenvalue weighted by Crippen LogP contribution is -2.55. The Morgan fingerprint density at radius 1 is 1.00 bits per heavy atom. The molecule has 2 atom stereocenters. The van der Waals surface area contributed by atoms with Crippen LogP contribution < -0.4 is 26.2 Å². The molecule has 53 heavy (non-hydrogen) atoms. The van der Waals surface area contributed by atoms with Crippen molar-refractivity contribution in [3.05, 3.63) is 71.2 Å². The second kappa shape index (κ2) is 18.2. The molecule has 1 fully saturated rings. The number of aryl methyl sites for hydroxylation is 1. The summed E-state index contributed by atoms with van der Waals surface area (Å²) in [5.74, 6) is 1.84. The van der Waals surface area contributed by atoms with E-state index in [2.05, 4.69) is 43.3 Å². The van der Waals surface area contributed by atoms with Crippen LogP contribution in [0.4, 0.5) is 22.2 Å². The average molecular weight is 729 g/mol. The molecule has 2 aliphatic heterocycles. The molecule has 4 N–H and O–H groups in total. The molecule has 13 nitrogen and oxygen atoms in total. The second-order valence-corrected chi connectivity index (χ2v) is 15.3. The lowest BCUT2D eigenvalue weighted by molar-refractivity contribution is -0.159. The summed E-state index contributed by atoms with van der Waals surface area (Å²) in [4.78, 5) is 56.6. The molecular formula is C40H56N8O5. The van der Waals surface area contributed by atoms with E-state index in [4.69, 9.17) is 19.4 Å². The number of benzene rings is 1. The van der Waals surface area contributed by atoms with E-state index in [1.54, 1.807) is 20.8 Å². The van der Waals surface area contributed by atoms with E-state index in [0.29, 0.717) is 24.6 Å². The predicted molar refractivity (Wildman–Crippen MR) is 206 cm³/mol. The fraction of sp³-hybridized carbons (Fsp3) is 0.550. The third-order valence-electron chi connectivity index (χ3n) is 9.41. The van der Waals surface area contributed by atoms with Gasteiger partial charge in [0.05, 0.1) is 0 Å². The van der Waals surface area contributed by atoms with Crippen molar-refractivity contribution in [2.24, 2.45) is 5.92 Å². The molecule has 286 valence electrons. The Bertz CT molecular complexity index is 1690. The molecule has 0 radical (unpaired) electrons. The maximum Gasteiger partial charge on any atom is 0.408 e. The van der Waals surface area contributed by atoms with Gasteiger partial charge >= 0.3 is 12.1 Å². The Balaban J connectivity index is 1.28. The summed E-state index contributed by atoms with van der Waals surface area (Å²) in [5, 5.41) is 12.3. The van der Waals surface area contributed by atoms with Crippen molar-refractivity contribution >= 4 is 35.4 Å². The van der Waals surface area contributed by atoms with Gasteiger partial charge in [-0.1, -0.05) is 57.2 Å². The van der Waals surface area contributed by atoms with E-state index in [1.165, 1.54) is 11.9 Å². The minimum Gasteiger partial charge on any atom is -0.458 e. The van der Waals surface area contributed by atoms with E-state index in [9.17, 15) is 14.4 Å². The molecule has 2 aliphatic rings. The van der Waals surface area contributed by atoms with E-state index in [1.807, 2.05) is 51.1 Å². The molecule has 0 aliphatic carbocycles. The number of hydrogen-bond acceptors (Lipinski definition) is 11. The minimum absolute atomic E-state index is 0.0153. The number of fused-ring (bicyclic) bond motifs is 1. The van der Waals surface area contributed by atoms with Gasteiger partial charge in [0.1, 0.15) is 48.1 Å². The van der Waals surface area contributed by atoms with Gasteiger partial charge in [0, 0.05) is 43.4 Å². The molecule has 4 heterocycles. The number of rotatable bonds is 14. The average Bonchev–Trinajstić information content (AvgIpc) is 3.14. The standard InChI is InChI=1S/C40H56N8O5/c1-7-30-35(43-25-44-36(30)48-20-17-28(18-21-48)31-16-15-29-14-11-19-41-34(29)45-31)42-23-33(47-39(51)52-24-27-12-9-8-10-13-27)37(49)46-32(22-26(2)3)38(50)53-40(4,5)6/h8-10,12-13,15-16,25-26,28,32-33H,7,11,14,17-24H2,1-6H3,(H,41,45)(H,46,49)(H,47,51)(H,42,43,44)/t32-,33?/m0/s1. The maximum atomic E-state index is 13.9. The van der Waals surface area contributed by atoms with Crippen LogP contribution in [-0.2, 0) is 38.5 Å². The van der Waals surface area contributed by atoms with Gasteiger partial charge in [-0.05, 0) is 82.4 Å². The van der Waals surface area contributed by atoms with Gasteiger partial charge < -0.3 is 35.6 Å². The van der Waals surface area contributed by atoms with Gasteiger partial charge in [-0.2, -0.15) is 0 Å². The number of esters is 1. The molecule has 2 aromatic heterocycles. The number of carbonyl (C=O) groups is 3. The number of pyridine rings is 1. The summed E-state index contributed by atoms with van der Waals surface area (Å²) in [7, 11) is 0. The maximum absolute atomic E-state index is 13.9. The van der Waals surface area contributed by atoms with Crippen molar-refractivity contribution in [3.63, 3.8) is 0 Å². The molecule has 0 spiro atoms. The van der Waals surface area contributed by atoms with Crippen LogP contribution in [-0.4, -0.2) is 76.8 Å². The SMILES string of the molecule is CCc1c(NCC(NC(=O)OCc2ccccc2)C(=O)N[C@@H](CC(C)C)C(=O)OC(C)(C)C)ncnc1N1CCC(c2ccc3c(n2)NCCC3)CC1. The third kappa shape index (κ3) is 11.3. The molecule has 1 saturated heterocycles. The summed E-state index contributed by atoms with van der Waals surface area (Å²) in [6.45, 7) is 14.0. The topological polar surface area (TPSA) is 160 Å². The molecule has 5 rings (SSSR count). The molecule has 3 aromatic rings. The van der Waals surface area contributed by atoms with Crippen LogP contribution in [0.3, 0.4) is 0 Å². The fourth-order valence-electron chi connectivity index (χ4n) is 6.76. The van der Waals surface area contributed by atoms with E-state index in [-0.39, 0.29) is 19.1 Å². The number of carbonyl (C=O) groups excluding carboxylic acids is 3. The number of nitrogens with zero attached hydrogens (tertiary/aromatic N) is 4. The van der Waals surface area contributed by atoms with Crippen molar-refractivity contribution in [1.29, 1.82) is 0 Å². The van der Waals surface area contributed by atoms with Crippen LogP contribution in [0.2, 0.25) is 0 Å². The Labute approximate surface area is 313 Å². The summed E-state index contributed by atoms with van der Waals surface area (Å²) >= 11 is 0. The van der Waals surface area contributed by atoms with Crippen LogP contribution in [0.15, 0.2) is 48.8 Å². The van der Waals surface area contributed by atoms with Gasteiger partial charge in [0.25, 0.3) is 0 Å². The normalized spacial score (nSPS) is 15.8. The van der Waals surface area contributed by atoms with Crippen molar-refractivity contribution in [1.82, 2.24) is 25.6 Å². The number of piperidine rings is 1. The molecule has 2 amide bonds. The van der Waals surface area contributed by atoms with Crippen molar-refractivity contribution in [2.75, 3.05) is 41.7 Å². The number of hydrogen-bond donors (Lipinski definition) is 4.